The number of hydrogen-bond acceptors (Lipinski definition) is 4. The Morgan fingerprint density at radius 1 is 1.05 bits per heavy atom. The van der Waals surface area contributed by atoms with Crippen LogP contribution in [-0.4, -0.2) is 34.6 Å². The Kier molecular flexibility index (Phi) is 6.05. The largest absolute Gasteiger partial charge is 0.416 e. The molecule has 10 heteroatoms. The van der Waals surface area contributed by atoms with Crippen molar-refractivity contribution in [3.8, 4) is 6.07 Å². The standard InChI is InChI=1S/C27H23F4N3O3/c28-21-11-17(13-32)3-8-22(21)33-15-23(35)34(14-16-1-6-20(7-2-16)27(29,30)31)26(25(33)37)10-9-19(12-26)24(36)18-4-5-18/h1-3,6-8,11,18-19H,4-5,9-10,12,14-15H2/t19?,26-/m1/s1. The number of rotatable bonds is 5. The number of carbonyl (C=O) groups excluding carboxylic acids is 3. The molecule has 1 heterocycles. The van der Waals surface area contributed by atoms with E-state index in [4.69, 9.17) is 5.26 Å². The van der Waals surface area contributed by atoms with Crippen LogP contribution >= 0.6 is 0 Å². The molecule has 37 heavy (non-hydrogen) atoms. The lowest BCUT2D eigenvalue weighted by Crippen LogP contribution is -2.67. The topological polar surface area (TPSA) is 81.5 Å². The van der Waals surface area contributed by atoms with Gasteiger partial charge >= 0.3 is 6.18 Å². The number of anilines is 1. The van der Waals surface area contributed by atoms with E-state index < -0.39 is 47.4 Å². The zero-order valence-corrected chi connectivity index (χ0v) is 19.7. The molecule has 2 amide bonds. The van der Waals surface area contributed by atoms with E-state index in [0.29, 0.717) is 12.0 Å². The molecule has 3 aliphatic rings. The van der Waals surface area contributed by atoms with Gasteiger partial charge < -0.3 is 4.90 Å². The van der Waals surface area contributed by atoms with Crippen LogP contribution in [0.5, 0.6) is 0 Å². The van der Waals surface area contributed by atoms with Crippen molar-refractivity contribution in [2.24, 2.45) is 11.8 Å². The fraction of sp³-hybridized carbons (Fsp3) is 0.407. The summed E-state index contributed by atoms with van der Waals surface area (Å²) >= 11 is 0. The number of nitriles is 1. The minimum absolute atomic E-state index is 0.0371. The average Bonchev–Trinajstić information content (AvgIpc) is 3.62. The Balaban J connectivity index is 1.50. The lowest BCUT2D eigenvalue weighted by Gasteiger charge is -2.47. The Morgan fingerprint density at radius 2 is 1.76 bits per heavy atom. The zero-order valence-electron chi connectivity index (χ0n) is 19.7. The van der Waals surface area contributed by atoms with Gasteiger partial charge in [0.2, 0.25) is 5.91 Å². The number of carbonyl (C=O) groups is 3. The molecule has 2 aromatic rings. The van der Waals surface area contributed by atoms with Gasteiger partial charge in [-0.05, 0) is 68.0 Å². The first-order valence-corrected chi connectivity index (χ1v) is 12.1. The second-order valence-corrected chi connectivity index (χ2v) is 9.99. The zero-order chi connectivity index (χ0) is 26.5. The Morgan fingerprint density at radius 3 is 2.35 bits per heavy atom. The van der Waals surface area contributed by atoms with Crippen molar-refractivity contribution in [3.63, 3.8) is 0 Å². The van der Waals surface area contributed by atoms with Crippen LogP contribution in [0.4, 0.5) is 23.2 Å². The van der Waals surface area contributed by atoms with E-state index in [0.717, 1.165) is 35.9 Å². The molecule has 1 saturated heterocycles. The number of hydrogen-bond donors (Lipinski definition) is 0. The second kappa shape index (κ2) is 8.98. The molecule has 2 atom stereocenters. The van der Waals surface area contributed by atoms with Crippen molar-refractivity contribution in [1.29, 1.82) is 5.26 Å². The van der Waals surface area contributed by atoms with Crippen LogP contribution in [-0.2, 0) is 27.1 Å². The molecule has 0 bridgehead atoms. The van der Waals surface area contributed by atoms with Crippen molar-refractivity contribution < 1.29 is 31.9 Å². The summed E-state index contributed by atoms with van der Waals surface area (Å²) < 4.78 is 53.9. The SMILES string of the molecule is N#Cc1ccc(N2CC(=O)N(Cc3ccc(C(F)(F)F)cc3)[C@@]3(CCC(C(=O)C4CC4)C3)C2=O)c(F)c1. The van der Waals surface area contributed by atoms with Gasteiger partial charge in [0, 0.05) is 18.4 Å². The summed E-state index contributed by atoms with van der Waals surface area (Å²) in [7, 11) is 0. The first-order valence-electron chi connectivity index (χ1n) is 12.1. The molecular weight excluding hydrogens is 490 g/mol. The average molecular weight is 513 g/mol. The minimum atomic E-state index is -4.51. The van der Waals surface area contributed by atoms with Crippen molar-refractivity contribution in [2.45, 2.75) is 50.4 Å². The van der Waals surface area contributed by atoms with Crippen LogP contribution in [0.15, 0.2) is 42.5 Å². The molecule has 3 fully saturated rings. The Labute approximate surface area is 210 Å². The highest BCUT2D eigenvalue weighted by Crippen LogP contribution is 2.47. The molecule has 1 unspecified atom stereocenters. The number of nitrogens with zero attached hydrogens (tertiary/aromatic N) is 3. The molecule has 6 nitrogen and oxygen atoms in total. The highest BCUT2D eigenvalue weighted by molar-refractivity contribution is 6.10. The van der Waals surface area contributed by atoms with Gasteiger partial charge in [0.1, 0.15) is 23.7 Å². The number of alkyl halides is 3. The number of Topliss-reactive ketones (excluding diaryl/α,β-unsaturated/α-hetero) is 1. The highest BCUT2D eigenvalue weighted by Gasteiger charge is 2.58. The Hall–Kier alpha value is -3.74. The van der Waals surface area contributed by atoms with Crippen LogP contribution in [0.2, 0.25) is 0 Å². The quantitative estimate of drug-likeness (QED) is 0.547. The summed E-state index contributed by atoms with van der Waals surface area (Å²) in [5, 5.41) is 9.04. The van der Waals surface area contributed by atoms with Gasteiger partial charge in [0.05, 0.1) is 22.9 Å². The maximum Gasteiger partial charge on any atom is 0.416 e. The lowest BCUT2D eigenvalue weighted by molar-refractivity contribution is -0.152. The number of ketones is 1. The fourth-order valence-corrected chi connectivity index (χ4v) is 5.52. The molecule has 1 spiro atoms. The van der Waals surface area contributed by atoms with Crippen LogP contribution < -0.4 is 4.90 Å². The molecule has 0 N–H and O–H groups in total. The normalized spacial score (nSPS) is 24.0. The van der Waals surface area contributed by atoms with E-state index in [9.17, 15) is 31.9 Å². The van der Waals surface area contributed by atoms with E-state index in [1.807, 2.05) is 6.07 Å². The number of benzene rings is 2. The van der Waals surface area contributed by atoms with Gasteiger partial charge in [-0.2, -0.15) is 18.4 Å². The van der Waals surface area contributed by atoms with Crippen LogP contribution in [0.3, 0.4) is 0 Å². The van der Waals surface area contributed by atoms with Crippen molar-refractivity contribution >= 4 is 23.3 Å². The third kappa shape index (κ3) is 4.47. The first kappa shape index (κ1) is 24.9. The summed E-state index contributed by atoms with van der Waals surface area (Å²) in [4.78, 5) is 42.7. The van der Waals surface area contributed by atoms with Gasteiger partial charge in [-0.15, -0.1) is 0 Å². The number of halogens is 4. The number of piperazine rings is 1. The molecule has 1 aliphatic heterocycles. The summed E-state index contributed by atoms with van der Waals surface area (Å²) in [5.41, 5.74) is -1.92. The van der Waals surface area contributed by atoms with E-state index in [1.165, 1.54) is 29.2 Å². The van der Waals surface area contributed by atoms with Crippen LogP contribution in [0.25, 0.3) is 0 Å². The van der Waals surface area contributed by atoms with Gasteiger partial charge in [-0.1, -0.05) is 12.1 Å². The van der Waals surface area contributed by atoms with E-state index in [1.54, 1.807) is 0 Å². The molecule has 2 saturated carbocycles. The molecular formula is C27H23F4N3O3. The maximum atomic E-state index is 14.9. The predicted octanol–water partition coefficient (Wildman–Crippen LogP) is 4.61. The third-order valence-corrected chi connectivity index (χ3v) is 7.62. The molecule has 192 valence electrons. The van der Waals surface area contributed by atoms with Crippen molar-refractivity contribution in [3.05, 3.63) is 65.0 Å². The van der Waals surface area contributed by atoms with E-state index in [2.05, 4.69) is 0 Å². The van der Waals surface area contributed by atoms with Crippen LogP contribution in [0.1, 0.15) is 48.8 Å². The molecule has 2 aliphatic carbocycles. The van der Waals surface area contributed by atoms with Gasteiger partial charge in [-0.3, -0.25) is 19.3 Å². The van der Waals surface area contributed by atoms with E-state index >= 15 is 0 Å². The fourth-order valence-electron chi connectivity index (χ4n) is 5.52. The maximum absolute atomic E-state index is 14.9. The van der Waals surface area contributed by atoms with Crippen LogP contribution in [0, 0.1) is 29.0 Å². The monoisotopic (exact) mass is 513 g/mol. The summed E-state index contributed by atoms with van der Waals surface area (Å²) in [6.07, 6.45) is -2.25. The lowest BCUT2D eigenvalue weighted by atomic mass is 9.86. The third-order valence-electron chi connectivity index (χ3n) is 7.62. The van der Waals surface area contributed by atoms with Gasteiger partial charge in [-0.25, -0.2) is 4.39 Å². The first-order chi connectivity index (χ1) is 17.5. The smallest absolute Gasteiger partial charge is 0.322 e. The van der Waals surface area contributed by atoms with Crippen molar-refractivity contribution in [1.82, 2.24) is 4.90 Å². The summed E-state index contributed by atoms with van der Waals surface area (Å²) in [5.74, 6) is -2.25. The number of amides is 2. The summed E-state index contributed by atoms with van der Waals surface area (Å²) in [6, 6.07) is 9.82. The second-order valence-electron chi connectivity index (χ2n) is 9.99. The Bertz CT molecular complexity index is 1310. The molecule has 5 rings (SSSR count). The van der Waals surface area contributed by atoms with Gasteiger partial charge in [0.15, 0.2) is 0 Å². The summed E-state index contributed by atoms with van der Waals surface area (Å²) in [6.45, 7) is -0.581. The highest BCUT2D eigenvalue weighted by atomic mass is 19.4. The molecule has 0 radical (unpaired) electrons. The predicted molar refractivity (Wildman–Crippen MR) is 123 cm³/mol. The van der Waals surface area contributed by atoms with Gasteiger partial charge in [0.25, 0.3) is 5.91 Å². The van der Waals surface area contributed by atoms with Crippen molar-refractivity contribution in [2.75, 3.05) is 11.4 Å². The minimum Gasteiger partial charge on any atom is -0.322 e. The van der Waals surface area contributed by atoms with E-state index in [-0.39, 0.29) is 42.3 Å². The molecule has 2 aromatic carbocycles. The molecule has 0 aromatic heterocycles.